The zero-order valence-corrected chi connectivity index (χ0v) is 13.1. The van der Waals surface area contributed by atoms with Crippen molar-refractivity contribution < 1.29 is 18.7 Å². The van der Waals surface area contributed by atoms with Crippen LogP contribution in [0.4, 0.5) is 9.18 Å². The number of hydrogen-bond donors (Lipinski definition) is 0. The van der Waals surface area contributed by atoms with E-state index in [1.165, 1.54) is 18.3 Å². The molecule has 1 aromatic heterocycles. The zero-order valence-electron chi connectivity index (χ0n) is 13.1. The van der Waals surface area contributed by atoms with Crippen molar-refractivity contribution in [1.82, 2.24) is 9.88 Å². The molecule has 2 heterocycles. The molecule has 0 spiro atoms. The number of ether oxygens (including phenoxy) is 2. The van der Waals surface area contributed by atoms with Crippen LogP contribution in [0, 0.1) is 5.95 Å². The Balaban J connectivity index is 1.89. The number of likely N-dealkylation sites (tertiary alicyclic amines) is 1. The third-order valence-corrected chi connectivity index (χ3v) is 3.28. The second kappa shape index (κ2) is 6.34. The number of nitrogens with zero attached hydrogens (tertiary/aromatic N) is 2. The number of hydrogen-bond acceptors (Lipinski definition) is 4. The predicted octanol–water partition coefficient (Wildman–Crippen LogP) is 3.25. The maximum atomic E-state index is 13.3. The topological polar surface area (TPSA) is 51.7 Å². The van der Waals surface area contributed by atoms with Crippen molar-refractivity contribution in [2.24, 2.45) is 0 Å². The van der Waals surface area contributed by atoms with E-state index in [1.807, 2.05) is 20.8 Å². The predicted molar refractivity (Wildman–Crippen MR) is 81.1 cm³/mol. The summed E-state index contributed by atoms with van der Waals surface area (Å²) in [5, 5.41) is 0. The summed E-state index contributed by atoms with van der Waals surface area (Å²) in [7, 11) is 0. The minimum atomic E-state index is -0.582. The average Bonchev–Trinajstić information content (AvgIpc) is 2.37. The minimum Gasteiger partial charge on any atom is -0.490 e. The Morgan fingerprint density at radius 3 is 2.86 bits per heavy atom. The van der Waals surface area contributed by atoms with Crippen LogP contribution in [0.15, 0.2) is 18.8 Å². The van der Waals surface area contributed by atoms with Crippen LogP contribution in [-0.2, 0) is 4.74 Å². The Morgan fingerprint density at radius 2 is 2.32 bits per heavy atom. The van der Waals surface area contributed by atoms with E-state index in [-0.39, 0.29) is 17.7 Å². The summed E-state index contributed by atoms with van der Waals surface area (Å²) in [4.78, 5) is 17.2. The number of rotatable bonds is 4. The van der Waals surface area contributed by atoms with Gasteiger partial charge in [0.1, 0.15) is 18.0 Å². The summed E-state index contributed by atoms with van der Waals surface area (Å²) in [6.45, 7) is 9.99. The van der Waals surface area contributed by atoms with Crippen LogP contribution in [0.2, 0.25) is 0 Å². The molecule has 1 aliphatic rings. The van der Waals surface area contributed by atoms with Gasteiger partial charge in [0, 0.05) is 12.1 Å². The van der Waals surface area contributed by atoms with Crippen LogP contribution < -0.4 is 4.74 Å². The highest BCUT2D eigenvalue weighted by atomic mass is 19.1. The molecule has 1 fully saturated rings. The molecule has 1 atom stereocenters. The summed E-state index contributed by atoms with van der Waals surface area (Å²) >= 11 is 0. The van der Waals surface area contributed by atoms with E-state index in [9.17, 15) is 9.18 Å². The molecule has 120 valence electrons. The van der Waals surface area contributed by atoms with Gasteiger partial charge in [-0.05, 0) is 33.3 Å². The molecule has 1 aliphatic heterocycles. The fourth-order valence-corrected chi connectivity index (χ4v) is 2.03. The summed E-state index contributed by atoms with van der Waals surface area (Å²) in [5.41, 5.74) is -0.229. The van der Waals surface area contributed by atoms with Gasteiger partial charge in [0.05, 0.1) is 12.2 Å². The second-order valence-corrected chi connectivity index (χ2v) is 6.18. The maximum absolute atomic E-state index is 13.3. The van der Waals surface area contributed by atoms with E-state index in [0.29, 0.717) is 18.9 Å². The van der Waals surface area contributed by atoms with E-state index >= 15 is 0 Å². The quantitative estimate of drug-likeness (QED) is 0.801. The van der Waals surface area contributed by atoms with Crippen LogP contribution in [0.1, 0.15) is 32.8 Å². The molecule has 0 unspecified atom stereocenters. The van der Waals surface area contributed by atoms with Crippen molar-refractivity contribution in [1.29, 1.82) is 0 Å². The standard InChI is InChI=1S/C16H21FN2O3/c1-5-11-8-13(9-18-14(11)17)21-10-12-6-7-19(12)15(20)22-16(2,3)4/h5,8-9,12H,1,6-7,10H2,2-4H3/t12-/m0/s1. The van der Waals surface area contributed by atoms with Crippen LogP contribution in [0.3, 0.4) is 0 Å². The van der Waals surface area contributed by atoms with E-state index in [0.717, 1.165) is 6.42 Å². The van der Waals surface area contributed by atoms with Gasteiger partial charge in [-0.25, -0.2) is 9.78 Å². The van der Waals surface area contributed by atoms with Crippen LogP contribution in [-0.4, -0.2) is 40.8 Å². The molecule has 1 saturated heterocycles. The number of carbonyl (C=O) groups is 1. The van der Waals surface area contributed by atoms with Gasteiger partial charge in [0.25, 0.3) is 0 Å². The van der Waals surface area contributed by atoms with Crippen LogP contribution >= 0.6 is 0 Å². The molecule has 0 N–H and O–H groups in total. The first kappa shape index (κ1) is 16.3. The monoisotopic (exact) mass is 308 g/mol. The lowest BCUT2D eigenvalue weighted by Crippen LogP contribution is -2.55. The first-order valence-electron chi connectivity index (χ1n) is 7.20. The second-order valence-electron chi connectivity index (χ2n) is 6.18. The van der Waals surface area contributed by atoms with E-state index in [1.54, 1.807) is 4.90 Å². The molecule has 0 bridgehead atoms. The third kappa shape index (κ3) is 3.96. The van der Waals surface area contributed by atoms with Gasteiger partial charge in [-0.2, -0.15) is 4.39 Å². The Bertz CT molecular complexity index is 569. The molecule has 6 heteroatoms. The number of aromatic nitrogens is 1. The lowest BCUT2D eigenvalue weighted by atomic mass is 10.1. The van der Waals surface area contributed by atoms with Gasteiger partial charge >= 0.3 is 6.09 Å². The van der Waals surface area contributed by atoms with Crippen molar-refractivity contribution in [3.63, 3.8) is 0 Å². The minimum absolute atomic E-state index is 0.0351. The average molecular weight is 308 g/mol. The molecule has 1 aromatic rings. The lowest BCUT2D eigenvalue weighted by Gasteiger charge is -2.40. The van der Waals surface area contributed by atoms with Crippen LogP contribution in [0.25, 0.3) is 6.08 Å². The molecular formula is C16H21FN2O3. The number of amides is 1. The third-order valence-electron chi connectivity index (χ3n) is 3.28. The summed E-state index contributed by atoms with van der Waals surface area (Å²) in [5.74, 6) is -0.131. The van der Waals surface area contributed by atoms with Gasteiger partial charge in [-0.15, -0.1) is 0 Å². The van der Waals surface area contributed by atoms with Gasteiger partial charge in [0.2, 0.25) is 5.95 Å². The van der Waals surface area contributed by atoms with Crippen molar-refractivity contribution >= 4 is 12.2 Å². The summed E-state index contributed by atoms with van der Waals surface area (Å²) in [6, 6.07) is 1.50. The highest BCUT2D eigenvalue weighted by Crippen LogP contribution is 2.23. The summed E-state index contributed by atoms with van der Waals surface area (Å²) < 4.78 is 24.2. The Hall–Kier alpha value is -2.11. The molecule has 22 heavy (non-hydrogen) atoms. The molecule has 0 aromatic carbocycles. The lowest BCUT2D eigenvalue weighted by molar-refractivity contribution is -0.0141. The molecule has 0 saturated carbocycles. The van der Waals surface area contributed by atoms with E-state index < -0.39 is 11.5 Å². The van der Waals surface area contributed by atoms with Gasteiger partial charge in [0.15, 0.2) is 0 Å². The Kier molecular flexibility index (Phi) is 4.68. The van der Waals surface area contributed by atoms with Gasteiger partial charge < -0.3 is 14.4 Å². The Labute approximate surface area is 129 Å². The van der Waals surface area contributed by atoms with E-state index in [4.69, 9.17) is 9.47 Å². The maximum Gasteiger partial charge on any atom is 0.410 e. The smallest absolute Gasteiger partial charge is 0.410 e. The van der Waals surface area contributed by atoms with Crippen molar-refractivity contribution in [2.45, 2.75) is 38.8 Å². The van der Waals surface area contributed by atoms with Crippen molar-refractivity contribution in [3.8, 4) is 5.75 Å². The largest absolute Gasteiger partial charge is 0.490 e. The zero-order chi connectivity index (χ0) is 16.3. The Morgan fingerprint density at radius 1 is 1.59 bits per heavy atom. The number of pyridine rings is 1. The first-order chi connectivity index (χ1) is 10.3. The molecule has 5 nitrogen and oxygen atoms in total. The van der Waals surface area contributed by atoms with Gasteiger partial charge in [-0.1, -0.05) is 12.7 Å². The molecule has 2 rings (SSSR count). The van der Waals surface area contributed by atoms with Gasteiger partial charge in [-0.3, -0.25) is 0 Å². The highest BCUT2D eigenvalue weighted by molar-refractivity contribution is 5.69. The number of carbonyl (C=O) groups excluding carboxylic acids is 1. The van der Waals surface area contributed by atoms with Crippen molar-refractivity contribution in [3.05, 3.63) is 30.4 Å². The fourth-order valence-electron chi connectivity index (χ4n) is 2.03. The first-order valence-corrected chi connectivity index (χ1v) is 7.20. The SMILES string of the molecule is C=Cc1cc(OC[C@@H]2CCN2C(=O)OC(C)(C)C)cnc1F. The molecule has 1 amide bonds. The fraction of sp³-hybridized carbons (Fsp3) is 0.500. The summed E-state index contributed by atoms with van der Waals surface area (Å²) in [6.07, 6.45) is 3.21. The van der Waals surface area contributed by atoms with Crippen LogP contribution in [0.5, 0.6) is 5.75 Å². The highest BCUT2D eigenvalue weighted by Gasteiger charge is 2.35. The van der Waals surface area contributed by atoms with E-state index in [2.05, 4.69) is 11.6 Å². The molecule has 0 aliphatic carbocycles. The van der Waals surface area contributed by atoms with Crippen molar-refractivity contribution in [2.75, 3.05) is 13.2 Å². The molecular weight excluding hydrogens is 287 g/mol. The number of halogens is 1. The normalized spacial score (nSPS) is 17.6. The molecule has 0 radical (unpaired) electrons.